The van der Waals surface area contributed by atoms with E-state index in [2.05, 4.69) is 0 Å². The van der Waals surface area contributed by atoms with E-state index in [4.69, 9.17) is 4.74 Å². The maximum absolute atomic E-state index is 13.2. The number of hydrogen-bond acceptors (Lipinski definition) is 4. The minimum atomic E-state index is -4.77. The first kappa shape index (κ1) is 24.6. The standard InChI is InChI=1S/C25H25F3N2O5/c1-24(22(32)33)11-6-12-30(24)21(31)20(13-25(26,27)28)29-23(34)35-14-19-17-9-4-2-7-15(17)16-8-3-5-10-18(16)19/h2-5,7-10,19-20H,6,11-14H2,1H3,(H,29,34)(H,32,33)/t20?,24-/m1/s1. The van der Waals surface area contributed by atoms with Gasteiger partial charge in [-0.3, -0.25) is 4.79 Å². The van der Waals surface area contributed by atoms with Crippen LogP contribution in [0.3, 0.4) is 0 Å². The van der Waals surface area contributed by atoms with Gasteiger partial charge in [0.15, 0.2) is 0 Å². The molecular weight excluding hydrogens is 465 g/mol. The lowest BCUT2D eigenvalue weighted by Crippen LogP contribution is -2.57. The number of alkyl halides is 3. The molecule has 2 aromatic rings. The van der Waals surface area contributed by atoms with E-state index in [0.29, 0.717) is 6.42 Å². The number of carboxylic acids is 1. The Morgan fingerprint density at radius 2 is 1.69 bits per heavy atom. The van der Waals surface area contributed by atoms with Crippen LogP contribution in [0, 0.1) is 0 Å². The van der Waals surface area contributed by atoms with Gasteiger partial charge in [-0.05, 0) is 42.0 Å². The first-order valence-corrected chi connectivity index (χ1v) is 11.2. The van der Waals surface area contributed by atoms with Gasteiger partial charge in [0.1, 0.15) is 18.2 Å². The summed E-state index contributed by atoms with van der Waals surface area (Å²) < 4.78 is 45.0. The average molecular weight is 490 g/mol. The summed E-state index contributed by atoms with van der Waals surface area (Å²) in [5.41, 5.74) is 2.20. The molecule has 1 heterocycles. The van der Waals surface area contributed by atoms with Gasteiger partial charge in [-0.1, -0.05) is 48.5 Å². The first-order valence-electron chi connectivity index (χ1n) is 11.2. The molecule has 1 unspecified atom stereocenters. The molecule has 1 aliphatic heterocycles. The SMILES string of the molecule is C[C@]1(C(=O)O)CCCN1C(=O)C(CC(F)(F)F)NC(=O)OCC1c2ccccc2-c2ccccc21. The van der Waals surface area contributed by atoms with Gasteiger partial charge in [0.2, 0.25) is 5.91 Å². The highest BCUT2D eigenvalue weighted by Gasteiger charge is 2.49. The number of amides is 2. The van der Waals surface area contributed by atoms with Crippen LogP contribution < -0.4 is 5.32 Å². The molecular formula is C25H25F3N2O5. The van der Waals surface area contributed by atoms with Crippen molar-refractivity contribution in [3.8, 4) is 11.1 Å². The molecule has 1 fully saturated rings. The summed E-state index contributed by atoms with van der Waals surface area (Å²) in [4.78, 5) is 38.1. The summed E-state index contributed by atoms with van der Waals surface area (Å²) in [6.07, 6.45) is -7.14. The van der Waals surface area contributed by atoms with E-state index in [0.717, 1.165) is 27.2 Å². The molecule has 0 saturated carbocycles. The summed E-state index contributed by atoms with van der Waals surface area (Å²) in [7, 11) is 0. The van der Waals surface area contributed by atoms with E-state index < -0.39 is 42.1 Å². The van der Waals surface area contributed by atoms with E-state index in [-0.39, 0.29) is 25.5 Å². The molecule has 0 spiro atoms. The van der Waals surface area contributed by atoms with Crippen molar-refractivity contribution in [1.29, 1.82) is 0 Å². The summed E-state index contributed by atoms with van der Waals surface area (Å²) in [5.74, 6) is -2.72. The first-order chi connectivity index (χ1) is 16.5. The lowest BCUT2D eigenvalue weighted by Gasteiger charge is -2.34. The second-order valence-corrected chi connectivity index (χ2v) is 9.01. The Bertz CT molecular complexity index is 1110. The second kappa shape index (κ2) is 9.24. The smallest absolute Gasteiger partial charge is 0.407 e. The van der Waals surface area contributed by atoms with Crippen molar-refractivity contribution in [1.82, 2.24) is 10.2 Å². The maximum atomic E-state index is 13.2. The molecule has 4 rings (SSSR count). The van der Waals surface area contributed by atoms with Gasteiger partial charge in [-0.15, -0.1) is 0 Å². The van der Waals surface area contributed by atoms with E-state index in [1.807, 2.05) is 53.8 Å². The number of rotatable bonds is 6. The van der Waals surface area contributed by atoms with Crippen LogP contribution in [0.15, 0.2) is 48.5 Å². The van der Waals surface area contributed by atoms with Gasteiger partial charge < -0.3 is 20.1 Å². The van der Waals surface area contributed by atoms with Crippen LogP contribution in [0.1, 0.15) is 43.2 Å². The molecule has 2 amide bonds. The predicted molar refractivity (Wildman–Crippen MR) is 120 cm³/mol. The molecule has 7 nitrogen and oxygen atoms in total. The normalized spacial score (nSPS) is 20.2. The molecule has 0 radical (unpaired) electrons. The number of benzene rings is 2. The number of ether oxygens (including phenoxy) is 1. The largest absolute Gasteiger partial charge is 0.480 e. The molecule has 2 aromatic carbocycles. The third-order valence-electron chi connectivity index (χ3n) is 6.74. The van der Waals surface area contributed by atoms with Gasteiger partial charge in [0.25, 0.3) is 0 Å². The Kier molecular flexibility index (Phi) is 6.48. The zero-order chi connectivity index (χ0) is 25.4. The Morgan fingerprint density at radius 1 is 1.11 bits per heavy atom. The minimum Gasteiger partial charge on any atom is -0.480 e. The van der Waals surface area contributed by atoms with Crippen molar-refractivity contribution in [2.24, 2.45) is 0 Å². The monoisotopic (exact) mass is 490 g/mol. The summed E-state index contributed by atoms with van der Waals surface area (Å²) in [6, 6.07) is 13.2. The molecule has 0 aromatic heterocycles. The van der Waals surface area contributed by atoms with E-state index >= 15 is 0 Å². The zero-order valence-electron chi connectivity index (χ0n) is 19.0. The molecule has 1 aliphatic carbocycles. The third-order valence-corrected chi connectivity index (χ3v) is 6.74. The molecule has 10 heteroatoms. The lowest BCUT2D eigenvalue weighted by atomic mass is 9.98. The Balaban J connectivity index is 1.48. The quantitative estimate of drug-likeness (QED) is 0.629. The molecule has 186 valence electrons. The molecule has 2 atom stereocenters. The van der Waals surface area contributed by atoms with Gasteiger partial charge in [0.05, 0.1) is 6.42 Å². The van der Waals surface area contributed by atoms with E-state index in [9.17, 15) is 32.7 Å². The van der Waals surface area contributed by atoms with Gasteiger partial charge in [-0.2, -0.15) is 13.2 Å². The number of likely N-dealkylation sites (tertiary alicyclic amines) is 1. The Labute approximate surface area is 199 Å². The molecule has 0 bridgehead atoms. The number of hydrogen-bond donors (Lipinski definition) is 2. The molecule has 2 N–H and O–H groups in total. The minimum absolute atomic E-state index is 0.0115. The summed E-state index contributed by atoms with van der Waals surface area (Å²) in [5, 5.41) is 11.6. The van der Waals surface area contributed by atoms with Crippen LogP contribution in [0.5, 0.6) is 0 Å². The number of nitrogens with zero attached hydrogens (tertiary/aromatic N) is 1. The number of carboxylic acid groups (broad SMARTS) is 1. The number of carbonyl (C=O) groups is 3. The van der Waals surface area contributed by atoms with Crippen molar-refractivity contribution in [2.45, 2.75) is 49.9 Å². The number of aliphatic carboxylic acids is 1. The second-order valence-electron chi connectivity index (χ2n) is 9.01. The van der Waals surface area contributed by atoms with Crippen LogP contribution in [-0.2, 0) is 14.3 Å². The zero-order valence-corrected chi connectivity index (χ0v) is 19.0. The van der Waals surface area contributed by atoms with Crippen LogP contribution in [-0.4, -0.2) is 58.9 Å². The highest BCUT2D eigenvalue weighted by molar-refractivity contribution is 5.91. The van der Waals surface area contributed by atoms with Gasteiger partial charge in [-0.25, -0.2) is 9.59 Å². The lowest BCUT2D eigenvalue weighted by molar-refractivity contribution is -0.162. The number of nitrogens with one attached hydrogen (secondary N) is 1. The van der Waals surface area contributed by atoms with Gasteiger partial charge >= 0.3 is 18.2 Å². The van der Waals surface area contributed by atoms with Crippen molar-refractivity contribution in [3.05, 3.63) is 59.7 Å². The topological polar surface area (TPSA) is 95.9 Å². The van der Waals surface area contributed by atoms with Crippen molar-refractivity contribution in [3.63, 3.8) is 0 Å². The highest BCUT2D eigenvalue weighted by atomic mass is 19.4. The predicted octanol–water partition coefficient (Wildman–Crippen LogP) is 4.31. The maximum Gasteiger partial charge on any atom is 0.407 e. The van der Waals surface area contributed by atoms with Crippen molar-refractivity contribution >= 4 is 18.0 Å². The van der Waals surface area contributed by atoms with Gasteiger partial charge in [0, 0.05) is 12.5 Å². The van der Waals surface area contributed by atoms with Crippen LogP contribution in [0.25, 0.3) is 11.1 Å². The number of alkyl carbamates (subject to hydrolysis) is 1. The van der Waals surface area contributed by atoms with Crippen LogP contribution in [0.2, 0.25) is 0 Å². The van der Waals surface area contributed by atoms with Crippen LogP contribution >= 0.6 is 0 Å². The fraction of sp³-hybridized carbons (Fsp3) is 0.400. The van der Waals surface area contributed by atoms with E-state index in [1.165, 1.54) is 6.92 Å². The van der Waals surface area contributed by atoms with Crippen LogP contribution in [0.4, 0.5) is 18.0 Å². The average Bonchev–Trinajstić information content (AvgIpc) is 3.35. The molecule has 35 heavy (non-hydrogen) atoms. The molecule has 2 aliphatic rings. The highest BCUT2D eigenvalue weighted by Crippen LogP contribution is 2.44. The molecule has 1 saturated heterocycles. The number of fused-ring (bicyclic) bond motifs is 3. The third kappa shape index (κ3) is 4.82. The number of carbonyl (C=O) groups excluding carboxylic acids is 2. The van der Waals surface area contributed by atoms with Crippen molar-refractivity contribution < 1.29 is 37.4 Å². The summed E-state index contributed by atoms with van der Waals surface area (Å²) in [6.45, 7) is 1.14. The van der Waals surface area contributed by atoms with E-state index in [1.54, 1.807) is 0 Å². The Hall–Kier alpha value is -3.56. The van der Waals surface area contributed by atoms with Crippen molar-refractivity contribution in [2.75, 3.05) is 13.2 Å². The number of halogens is 3. The fourth-order valence-electron chi connectivity index (χ4n) is 4.94. The Morgan fingerprint density at radius 3 is 2.23 bits per heavy atom. The summed E-state index contributed by atoms with van der Waals surface area (Å²) >= 11 is 0. The fourth-order valence-corrected chi connectivity index (χ4v) is 4.94.